The van der Waals surface area contributed by atoms with E-state index in [1.54, 1.807) is 24.3 Å². The van der Waals surface area contributed by atoms with E-state index >= 15 is 0 Å². The molecule has 0 saturated carbocycles. The molecule has 4 heterocycles. The van der Waals surface area contributed by atoms with Crippen LogP contribution in [-0.2, 0) is 37.8 Å². The maximum atomic E-state index is 13.1. The van der Waals surface area contributed by atoms with Crippen LogP contribution in [0.25, 0.3) is 0 Å². The average molecular weight is 704 g/mol. The summed E-state index contributed by atoms with van der Waals surface area (Å²) in [6.45, 7) is 3.68. The number of pyridine rings is 1. The van der Waals surface area contributed by atoms with Crippen molar-refractivity contribution in [2.45, 2.75) is 56.9 Å². The number of carbonyl (C=O) groups is 4. The first kappa shape index (κ1) is 38.2. The molecule has 2 amide bonds. The van der Waals surface area contributed by atoms with E-state index in [0.717, 1.165) is 22.8 Å². The van der Waals surface area contributed by atoms with Gasteiger partial charge in [-0.05, 0) is 36.8 Å². The molecule has 0 radical (unpaired) electrons. The van der Waals surface area contributed by atoms with Crippen LogP contribution in [0.15, 0.2) is 54.9 Å². The van der Waals surface area contributed by atoms with Crippen molar-refractivity contribution in [2.75, 3.05) is 20.2 Å². The second-order valence-electron chi connectivity index (χ2n) is 10.6. The van der Waals surface area contributed by atoms with Crippen molar-refractivity contribution in [3.8, 4) is 5.75 Å². The zero-order valence-electron chi connectivity index (χ0n) is 25.9. The summed E-state index contributed by atoms with van der Waals surface area (Å²) in [5, 5.41) is 17.2. The molecule has 2 aromatic heterocycles. The number of imidazole rings is 1. The van der Waals surface area contributed by atoms with E-state index in [9.17, 15) is 35.9 Å². The number of fused-ring (bicyclic) bond motifs is 2. The van der Waals surface area contributed by atoms with Gasteiger partial charge in [0.25, 0.3) is 11.8 Å². The number of benzene rings is 1. The molecule has 1 aromatic carbocycles. The average Bonchev–Trinajstić information content (AvgIpc) is 3.54. The fourth-order valence-electron chi connectivity index (χ4n) is 4.82. The first-order valence-corrected chi connectivity index (χ1v) is 14.3. The largest absolute Gasteiger partial charge is 0.497 e. The van der Waals surface area contributed by atoms with Crippen molar-refractivity contribution in [1.29, 1.82) is 0 Å². The molecule has 5 rings (SSSR count). The number of nitrogens with one attached hydrogen (secondary N) is 1. The summed E-state index contributed by atoms with van der Waals surface area (Å²) in [7, 11) is 1.62. The van der Waals surface area contributed by atoms with Crippen LogP contribution >= 0.6 is 0 Å². The SMILES string of the molecule is COc1ccc(CNC(=O)C2Cn3ccnc3C3(CCN(C(=O)c4cccc(C)n4)CC3)O2)cc1.O=C(O)C(F)(F)F.O=C(O)C(F)(F)F. The lowest BCUT2D eigenvalue weighted by Crippen LogP contribution is -2.54. The third-order valence-corrected chi connectivity index (χ3v) is 7.22. The Bertz CT molecular complexity index is 1600. The maximum Gasteiger partial charge on any atom is 0.490 e. The van der Waals surface area contributed by atoms with E-state index in [1.807, 2.05) is 54.1 Å². The van der Waals surface area contributed by atoms with E-state index in [1.165, 1.54) is 0 Å². The number of amides is 2. The quantitative estimate of drug-likeness (QED) is 0.333. The monoisotopic (exact) mass is 703 g/mol. The Morgan fingerprint density at radius 3 is 2.06 bits per heavy atom. The molecule has 1 fully saturated rings. The number of alkyl halides is 6. The molecule has 1 atom stereocenters. The van der Waals surface area contributed by atoms with Gasteiger partial charge in [-0.25, -0.2) is 19.6 Å². The van der Waals surface area contributed by atoms with Crippen molar-refractivity contribution >= 4 is 23.8 Å². The first-order valence-electron chi connectivity index (χ1n) is 14.3. The second-order valence-corrected chi connectivity index (χ2v) is 10.6. The Morgan fingerprint density at radius 1 is 0.980 bits per heavy atom. The molecule has 1 saturated heterocycles. The van der Waals surface area contributed by atoms with Gasteiger partial charge in [0.1, 0.15) is 22.9 Å². The molecule has 13 nitrogen and oxygen atoms in total. The van der Waals surface area contributed by atoms with Gasteiger partial charge < -0.3 is 34.5 Å². The summed E-state index contributed by atoms with van der Waals surface area (Å²) in [6.07, 6.45) is -6.06. The van der Waals surface area contributed by atoms with Crippen LogP contribution in [0.2, 0.25) is 0 Å². The fourth-order valence-corrected chi connectivity index (χ4v) is 4.82. The summed E-state index contributed by atoms with van der Waals surface area (Å²) in [6, 6.07) is 13.0. The number of rotatable bonds is 5. The number of carboxylic acid groups (broad SMARTS) is 2. The highest BCUT2D eigenvalue weighted by atomic mass is 19.4. The normalized spacial score (nSPS) is 16.6. The molecule has 0 bridgehead atoms. The lowest BCUT2D eigenvalue weighted by Gasteiger charge is -2.45. The Hall–Kier alpha value is -5.20. The number of nitrogens with zero attached hydrogens (tertiary/aromatic N) is 4. The van der Waals surface area contributed by atoms with E-state index < -0.39 is 36.0 Å². The minimum atomic E-state index is -5.08. The van der Waals surface area contributed by atoms with Crippen LogP contribution in [0.4, 0.5) is 26.3 Å². The lowest BCUT2D eigenvalue weighted by molar-refractivity contribution is -0.193. The number of piperidine rings is 1. The Morgan fingerprint density at radius 2 is 1.55 bits per heavy atom. The minimum Gasteiger partial charge on any atom is -0.497 e. The second kappa shape index (κ2) is 15.8. The molecule has 3 N–H and O–H groups in total. The summed E-state index contributed by atoms with van der Waals surface area (Å²) in [5.74, 6) is -4.18. The molecule has 266 valence electrons. The van der Waals surface area contributed by atoms with Crippen LogP contribution in [0.5, 0.6) is 5.75 Å². The molecular weight excluding hydrogens is 672 g/mol. The van der Waals surface area contributed by atoms with Gasteiger partial charge in [-0.2, -0.15) is 26.3 Å². The van der Waals surface area contributed by atoms with E-state index in [2.05, 4.69) is 15.3 Å². The van der Waals surface area contributed by atoms with Crippen molar-refractivity contribution in [1.82, 2.24) is 24.8 Å². The maximum absolute atomic E-state index is 13.1. The Labute approximate surface area is 274 Å². The lowest BCUT2D eigenvalue weighted by atomic mass is 9.88. The zero-order chi connectivity index (χ0) is 36.6. The number of aryl methyl sites for hydroxylation is 1. The number of likely N-dealkylation sites (tertiary alicyclic amines) is 1. The number of methoxy groups -OCH3 is 1. The van der Waals surface area contributed by atoms with Gasteiger partial charge in [-0.3, -0.25) is 9.59 Å². The molecule has 1 unspecified atom stereocenters. The van der Waals surface area contributed by atoms with E-state index in [-0.39, 0.29) is 11.8 Å². The number of carbonyl (C=O) groups excluding carboxylic acids is 2. The van der Waals surface area contributed by atoms with Crippen LogP contribution < -0.4 is 10.1 Å². The first-order chi connectivity index (χ1) is 22.9. The smallest absolute Gasteiger partial charge is 0.490 e. The third-order valence-electron chi connectivity index (χ3n) is 7.22. The highest BCUT2D eigenvalue weighted by Gasteiger charge is 2.48. The number of halogens is 6. The van der Waals surface area contributed by atoms with E-state index in [0.29, 0.717) is 44.7 Å². The topological polar surface area (TPSA) is 173 Å². The predicted octanol–water partition coefficient (Wildman–Crippen LogP) is 3.71. The number of aromatic nitrogens is 3. The van der Waals surface area contributed by atoms with E-state index in [4.69, 9.17) is 29.3 Å². The summed E-state index contributed by atoms with van der Waals surface area (Å²) in [5.41, 5.74) is 1.53. The molecular formula is C30H31F6N5O8. The molecule has 19 heteroatoms. The number of aliphatic carboxylic acids is 2. The fraction of sp³-hybridized carbons (Fsp3) is 0.400. The van der Waals surface area contributed by atoms with Gasteiger partial charge in [0, 0.05) is 50.6 Å². The Balaban J connectivity index is 0.000000392. The molecule has 49 heavy (non-hydrogen) atoms. The van der Waals surface area contributed by atoms with Crippen molar-refractivity contribution in [2.24, 2.45) is 0 Å². The number of hydrogen-bond donors (Lipinski definition) is 3. The van der Waals surface area contributed by atoms with Gasteiger partial charge in [0.05, 0.1) is 13.7 Å². The van der Waals surface area contributed by atoms with Crippen molar-refractivity contribution in [3.63, 3.8) is 0 Å². The zero-order valence-corrected chi connectivity index (χ0v) is 25.9. The summed E-state index contributed by atoms with van der Waals surface area (Å²) < 4.78 is 77.1. The minimum absolute atomic E-state index is 0.0866. The van der Waals surface area contributed by atoms with Crippen LogP contribution in [0.1, 0.15) is 40.4 Å². The van der Waals surface area contributed by atoms with Gasteiger partial charge in [0.15, 0.2) is 6.10 Å². The molecule has 0 aliphatic carbocycles. The van der Waals surface area contributed by atoms with Crippen molar-refractivity contribution < 1.29 is 65.2 Å². The highest BCUT2D eigenvalue weighted by molar-refractivity contribution is 5.92. The third kappa shape index (κ3) is 10.4. The predicted molar refractivity (Wildman–Crippen MR) is 155 cm³/mol. The number of hydrogen-bond acceptors (Lipinski definition) is 8. The standard InChI is InChI=1S/C26H29N5O4.2C2HF3O2/c1-18-4-3-5-21(29-18)24(33)30-13-10-26(11-14-30)25-27-12-15-31(25)17-22(35-26)23(32)28-16-19-6-8-20(34-2)9-7-19;2*3-2(4,5)1(6)7/h3-9,12,15,22H,10-11,13-14,16-17H2,1-2H3,(H,28,32);2*(H,6,7). The molecule has 3 aromatic rings. The summed E-state index contributed by atoms with van der Waals surface area (Å²) in [4.78, 5) is 54.6. The van der Waals surface area contributed by atoms with Crippen molar-refractivity contribution in [3.05, 3.63) is 77.6 Å². The van der Waals surface area contributed by atoms with Gasteiger partial charge in [-0.15, -0.1) is 0 Å². The van der Waals surface area contributed by atoms with Crippen LogP contribution in [0.3, 0.4) is 0 Å². The molecule has 1 spiro atoms. The van der Waals surface area contributed by atoms with Gasteiger partial charge >= 0.3 is 24.3 Å². The number of ether oxygens (including phenoxy) is 2. The van der Waals surface area contributed by atoms with Crippen LogP contribution in [-0.4, -0.2) is 92.1 Å². The van der Waals surface area contributed by atoms with Gasteiger partial charge in [-0.1, -0.05) is 18.2 Å². The number of carboxylic acids is 2. The van der Waals surface area contributed by atoms with Crippen LogP contribution in [0, 0.1) is 6.92 Å². The van der Waals surface area contributed by atoms with Gasteiger partial charge in [0.2, 0.25) is 0 Å². The molecule has 2 aliphatic heterocycles. The Kier molecular flexibility index (Phi) is 12.3. The highest BCUT2D eigenvalue weighted by Crippen LogP contribution is 2.40. The molecule has 2 aliphatic rings. The summed E-state index contributed by atoms with van der Waals surface area (Å²) >= 11 is 0.